The minimum absolute atomic E-state index is 0.0102. The Balaban J connectivity index is 0.906. The van der Waals surface area contributed by atoms with Crippen molar-refractivity contribution in [2.24, 2.45) is 23.7 Å². The van der Waals surface area contributed by atoms with Crippen LogP contribution in [0.4, 0.5) is 17.1 Å². The van der Waals surface area contributed by atoms with Crippen LogP contribution in [0.25, 0.3) is 88.3 Å². The van der Waals surface area contributed by atoms with E-state index in [-0.39, 0.29) is 10.8 Å². The van der Waals surface area contributed by atoms with Crippen molar-refractivity contribution in [3.63, 3.8) is 0 Å². The molecule has 20 rings (SSSR count). The highest BCUT2D eigenvalue weighted by Crippen LogP contribution is 2.71. The molecule has 0 amide bonds. The molecule has 0 unspecified atom stereocenters. The lowest BCUT2D eigenvalue weighted by Crippen LogP contribution is -2.55. The summed E-state index contributed by atoms with van der Waals surface area (Å²) in [4.78, 5) is 2.67. The minimum Gasteiger partial charge on any atom is -0.310 e. The second-order valence-electron chi connectivity index (χ2n) is 27.4. The van der Waals surface area contributed by atoms with E-state index >= 15 is 0 Å². The van der Waals surface area contributed by atoms with Gasteiger partial charge in [0.25, 0.3) is 0 Å². The van der Waals surface area contributed by atoms with Crippen molar-refractivity contribution in [3.05, 3.63) is 330 Å². The zero-order chi connectivity index (χ0) is 58.7. The lowest BCUT2D eigenvalue weighted by atomic mass is 9.43. The van der Waals surface area contributed by atoms with Gasteiger partial charge in [0.05, 0.1) is 11.1 Å². The third-order valence-corrected chi connectivity index (χ3v) is 22.9. The first kappa shape index (κ1) is 51.2. The van der Waals surface area contributed by atoms with Gasteiger partial charge in [0, 0.05) is 27.8 Å². The van der Waals surface area contributed by atoms with E-state index in [1.807, 2.05) is 0 Å². The van der Waals surface area contributed by atoms with E-state index in [1.54, 1.807) is 11.1 Å². The molecule has 7 aliphatic rings. The Morgan fingerprint density at radius 2 is 0.742 bits per heavy atom. The third kappa shape index (κ3) is 7.13. The standard InChI is InChI=1S/C88H67N/c1-86(2)79-34-16-29-71(63-39-37-57-19-6-8-23-61(57)52-63)84(79)88(85-72(30-17-35-80(85)86)64-40-38-58-20-7-9-24-62(58)53-64)76-31-14-12-27-73(76)74-46-45-68(54-81(74)88)89(67-43-41-60(42-44-67)70-26-11-10-25-69(70)59-21-4-3-5-22-59)82-36-18-33-78-83(82)75-28-13-15-32-77(75)87(78)65-48-55-47-56(50-65)51-66(87)49-55/h3-46,52-56,65-66H,47-51H2,1-2H3. The van der Waals surface area contributed by atoms with Gasteiger partial charge < -0.3 is 4.90 Å². The monoisotopic (exact) mass is 1140 g/mol. The first-order chi connectivity index (χ1) is 43.8. The van der Waals surface area contributed by atoms with Crippen LogP contribution in [-0.4, -0.2) is 0 Å². The van der Waals surface area contributed by atoms with E-state index in [2.05, 4.69) is 304 Å². The number of hydrogen-bond acceptors (Lipinski definition) is 1. The number of nitrogens with zero attached hydrogens (tertiary/aromatic N) is 1. The van der Waals surface area contributed by atoms with E-state index < -0.39 is 5.41 Å². The number of fused-ring (bicyclic) bond motifs is 14. The molecule has 0 saturated heterocycles. The van der Waals surface area contributed by atoms with Crippen LogP contribution in [0, 0.1) is 23.7 Å². The molecule has 13 aromatic rings. The molecule has 1 heteroatoms. The lowest BCUT2D eigenvalue weighted by molar-refractivity contribution is -0.0399. The van der Waals surface area contributed by atoms with Crippen LogP contribution >= 0.6 is 0 Å². The highest BCUT2D eigenvalue weighted by atomic mass is 15.1. The molecule has 1 nitrogen and oxygen atoms in total. The lowest BCUT2D eigenvalue weighted by Gasteiger charge is -2.61. The number of benzene rings is 13. The molecule has 7 aliphatic carbocycles. The largest absolute Gasteiger partial charge is 0.310 e. The first-order valence-electron chi connectivity index (χ1n) is 32.6. The summed E-state index contributed by atoms with van der Waals surface area (Å²) in [5, 5.41) is 4.99. The fraction of sp³-hybridized carbons (Fsp3) is 0.159. The summed E-state index contributed by atoms with van der Waals surface area (Å²) in [7, 11) is 0. The predicted octanol–water partition coefficient (Wildman–Crippen LogP) is 22.9. The first-order valence-corrected chi connectivity index (χ1v) is 32.6. The van der Waals surface area contributed by atoms with Crippen molar-refractivity contribution in [2.45, 2.75) is 62.2 Å². The van der Waals surface area contributed by atoms with Gasteiger partial charge in [-0.25, -0.2) is 0 Å². The van der Waals surface area contributed by atoms with E-state index in [1.165, 1.54) is 159 Å². The molecule has 0 heterocycles. The molecule has 4 bridgehead atoms. The number of anilines is 3. The molecule has 13 aromatic carbocycles. The second-order valence-corrected chi connectivity index (χ2v) is 27.4. The van der Waals surface area contributed by atoms with E-state index in [0.29, 0.717) is 11.8 Å². The third-order valence-electron chi connectivity index (χ3n) is 22.9. The van der Waals surface area contributed by atoms with Gasteiger partial charge in [0.15, 0.2) is 0 Å². The molecule has 2 spiro atoms. The summed E-state index contributed by atoms with van der Waals surface area (Å²) in [5.41, 5.74) is 29.0. The summed E-state index contributed by atoms with van der Waals surface area (Å²) < 4.78 is 0. The van der Waals surface area contributed by atoms with Crippen LogP contribution in [0.15, 0.2) is 285 Å². The maximum atomic E-state index is 2.67. The van der Waals surface area contributed by atoms with Gasteiger partial charge >= 0.3 is 0 Å². The van der Waals surface area contributed by atoms with Gasteiger partial charge in [-0.2, -0.15) is 0 Å². The molecule has 0 N–H and O–H groups in total. The van der Waals surface area contributed by atoms with Crippen molar-refractivity contribution < 1.29 is 0 Å². The summed E-state index contributed by atoms with van der Waals surface area (Å²) in [6, 6.07) is 110. The van der Waals surface area contributed by atoms with Gasteiger partial charge in [-0.3, -0.25) is 0 Å². The highest BCUT2D eigenvalue weighted by Gasteiger charge is 2.62. The van der Waals surface area contributed by atoms with Crippen LogP contribution in [0.3, 0.4) is 0 Å². The maximum absolute atomic E-state index is 2.67. The molecule has 424 valence electrons. The second kappa shape index (κ2) is 19.1. The smallest absolute Gasteiger partial charge is 0.0732 e. The fourth-order valence-corrected chi connectivity index (χ4v) is 19.6. The van der Waals surface area contributed by atoms with Crippen molar-refractivity contribution in [1.82, 2.24) is 0 Å². The Morgan fingerprint density at radius 1 is 0.292 bits per heavy atom. The fourth-order valence-electron chi connectivity index (χ4n) is 19.6. The van der Waals surface area contributed by atoms with Gasteiger partial charge in [0.1, 0.15) is 0 Å². The topological polar surface area (TPSA) is 3.24 Å². The van der Waals surface area contributed by atoms with E-state index in [0.717, 1.165) is 23.2 Å². The molecule has 89 heavy (non-hydrogen) atoms. The molecule has 4 fully saturated rings. The van der Waals surface area contributed by atoms with Gasteiger partial charge in [-0.1, -0.05) is 257 Å². The Labute approximate surface area is 522 Å². The summed E-state index contributed by atoms with van der Waals surface area (Å²) in [5.74, 6) is 3.01. The van der Waals surface area contributed by atoms with Crippen molar-refractivity contribution in [2.75, 3.05) is 4.90 Å². The number of hydrogen-bond donors (Lipinski definition) is 0. The summed E-state index contributed by atoms with van der Waals surface area (Å²) >= 11 is 0. The molecule has 0 aliphatic heterocycles. The zero-order valence-electron chi connectivity index (χ0n) is 50.4. The Hall–Kier alpha value is -9.82. The normalized spacial score (nSPS) is 20.5. The predicted molar refractivity (Wildman–Crippen MR) is 371 cm³/mol. The molecular weight excluding hydrogens is 1070 g/mol. The number of rotatable bonds is 7. The van der Waals surface area contributed by atoms with Crippen LogP contribution in [0.5, 0.6) is 0 Å². The highest BCUT2D eigenvalue weighted by molar-refractivity contribution is 6.01. The Bertz CT molecular complexity index is 4920. The molecular formula is C88H67N. The SMILES string of the molecule is CC1(C)c2cccc(-c3ccc4ccccc4c3)c2C2(c3ccccc3-c3ccc(N(c4ccc(-c5ccccc5-c5ccccc5)cc4)c4cccc5c4-c4ccccc4C54C5CC6CC(C5)CC4C6)cc32)c2c(-c3ccc4ccccc4c3)cccc21. The van der Waals surface area contributed by atoms with E-state index in [9.17, 15) is 0 Å². The summed E-state index contributed by atoms with van der Waals surface area (Å²) in [6.07, 6.45) is 6.81. The minimum atomic E-state index is -0.765. The average molecular weight is 1140 g/mol. The van der Waals surface area contributed by atoms with Crippen molar-refractivity contribution in [1.29, 1.82) is 0 Å². The molecule has 0 atom stereocenters. The molecule has 4 saturated carbocycles. The molecule has 0 radical (unpaired) electrons. The van der Waals surface area contributed by atoms with Crippen LogP contribution in [0.2, 0.25) is 0 Å². The van der Waals surface area contributed by atoms with Crippen LogP contribution in [-0.2, 0) is 16.2 Å². The van der Waals surface area contributed by atoms with Gasteiger partial charge in [0.2, 0.25) is 0 Å². The Morgan fingerprint density at radius 3 is 1.36 bits per heavy atom. The van der Waals surface area contributed by atoms with Gasteiger partial charge in [-0.05, 0) is 225 Å². The average Bonchev–Trinajstić information content (AvgIpc) is 1.61. The zero-order valence-corrected chi connectivity index (χ0v) is 50.4. The van der Waals surface area contributed by atoms with Crippen molar-refractivity contribution >= 4 is 38.6 Å². The van der Waals surface area contributed by atoms with Crippen LogP contribution < -0.4 is 4.90 Å². The quantitative estimate of drug-likeness (QED) is 0.154. The van der Waals surface area contributed by atoms with Crippen LogP contribution in [0.1, 0.15) is 90.5 Å². The Kier molecular flexibility index (Phi) is 11.0. The maximum Gasteiger partial charge on any atom is 0.0732 e. The molecule has 0 aromatic heterocycles. The van der Waals surface area contributed by atoms with Crippen molar-refractivity contribution in [3.8, 4) is 66.8 Å². The summed E-state index contributed by atoms with van der Waals surface area (Å²) in [6.45, 7) is 4.97. The van der Waals surface area contributed by atoms with Gasteiger partial charge in [-0.15, -0.1) is 0 Å². The van der Waals surface area contributed by atoms with E-state index in [4.69, 9.17) is 0 Å².